The number of rotatable bonds is 5. The summed E-state index contributed by atoms with van der Waals surface area (Å²) in [6.45, 7) is 9.17. The highest BCUT2D eigenvalue weighted by atomic mass is 16.5. The minimum absolute atomic E-state index is 0.153. The molecule has 108 valence electrons. The largest absolute Gasteiger partial charge is 0.379 e. The molecule has 0 aromatic heterocycles. The van der Waals surface area contributed by atoms with E-state index in [1.165, 1.54) is 17.7 Å². The fourth-order valence-electron chi connectivity index (χ4n) is 2.10. The van der Waals surface area contributed by atoms with Crippen LogP contribution in [0.15, 0.2) is 0 Å². The molecule has 0 aromatic carbocycles. The van der Waals surface area contributed by atoms with Gasteiger partial charge >= 0.3 is 6.03 Å². The van der Waals surface area contributed by atoms with Crippen LogP contribution in [0.2, 0.25) is 0 Å². The minimum Gasteiger partial charge on any atom is -0.379 e. The number of ether oxygens (including phenoxy) is 1. The van der Waals surface area contributed by atoms with E-state index in [0.29, 0.717) is 19.1 Å². The highest BCUT2D eigenvalue weighted by Gasteiger charge is 2.54. The number of hydrogen-bond acceptors (Lipinski definition) is 3. The lowest BCUT2D eigenvalue weighted by Crippen LogP contribution is -2.54. The van der Waals surface area contributed by atoms with Crippen LogP contribution in [0.5, 0.6) is 0 Å². The van der Waals surface area contributed by atoms with Gasteiger partial charge in [0, 0.05) is 6.61 Å². The van der Waals surface area contributed by atoms with Crippen LogP contribution in [0.1, 0.15) is 40.5 Å². The predicted molar refractivity (Wildman–Crippen MR) is 71.6 cm³/mol. The number of carbonyl (C=O) groups is 2. The Morgan fingerprint density at radius 3 is 2.47 bits per heavy atom. The SMILES string of the molecule is CC(C)(C)[C@]1(C)NC(=O)N(CCOCC2CC2)C1=O. The van der Waals surface area contributed by atoms with Gasteiger partial charge in [0.2, 0.25) is 0 Å². The van der Waals surface area contributed by atoms with E-state index in [1.54, 1.807) is 6.92 Å². The number of imide groups is 1. The second-order valence-corrected chi connectivity index (χ2v) is 6.78. The van der Waals surface area contributed by atoms with E-state index < -0.39 is 5.54 Å². The molecule has 1 N–H and O–H groups in total. The first-order valence-corrected chi connectivity index (χ1v) is 6.97. The summed E-state index contributed by atoms with van der Waals surface area (Å²) in [6.07, 6.45) is 2.48. The second-order valence-electron chi connectivity index (χ2n) is 6.78. The van der Waals surface area contributed by atoms with Crippen LogP contribution in [0.4, 0.5) is 4.79 Å². The predicted octanol–water partition coefficient (Wildman–Crippen LogP) is 1.77. The third-order valence-electron chi connectivity index (χ3n) is 4.28. The van der Waals surface area contributed by atoms with Gasteiger partial charge in [-0.15, -0.1) is 0 Å². The Labute approximate surface area is 114 Å². The number of urea groups is 1. The van der Waals surface area contributed by atoms with Crippen LogP contribution in [0, 0.1) is 11.3 Å². The van der Waals surface area contributed by atoms with Crippen molar-refractivity contribution < 1.29 is 14.3 Å². The van der Waals surface area contributed by atoms with Gasteiger partial charge < -0.3 is 10.1 Å². The van der Waals surface area contributed by atoms with Gasteiger partial charge in [-0.05, 0) is 31.1 Å². The Hall–Kier alpha value is -1.10. The summed E-state index contributed by atoms with van der Waals surface area (Å²) in [4.78, 5) is 25.6. The molecule has 2 fully saturated rings. The Morgan fingerprint density at radius 2 is 2.00 bits per heavy atom. The summed E-state index contributed by atoms with van der Waals surface area (Å²) in [5.41, 5.74) is -1.15. The van der Waals surface area contributed by atoms with Gasteiger partial charge in [-0.1, -0.05) is 20.8 Å². The maximum absolute atomic E-state index is 12.4. The van der Waals surface area contributed by atoms with Gasteiger partial charge in [-0.2, -0.15) is 0 Å². The molecule has 2 rings (SSSR count). The molecule has 0 unspecified atom stereocenters. The van der Waals surface area contributed by atoms with E-state index in [1.807, 2.05) is 20.8 Å². The molecule has 0 radical (unpaired) electrons. The van der Waals surface area contributed by atoms with Crippen molar-refractivity contribution in [3.63, 3.8) is 0 Å². The molecule has 19 heavy (non-hydrogen) atoms. The second kappa shape index (κ2) is 4.78. The molecule has 1 aliphatic carbocycles. The average molecular weight is 268 g/mol. The maximum Gasteiger partial charge on any atom is 0.325 e. The van der Waals surface area contributed by atoms with E-state index in [2.05, 4.69) is 5.32 Å². The number of carbonyl (C=O) groups excluding carboxylic acids is 2. The van der Waals surface area contributed by atoms with Crippen LogP contribution >= 0.6 is 0 Å². The number of nitrogens with one attached hydrogen (secondary N) is 1. The van der Waals surface area contributed by atoms with Crippen molar-refractivity contribution in [2.24, 2.45) is 11.3 Å². The fraction of sp³-hybridized carbons (Fsp3) is 0.857. The summed E-state index contributed by atoms with van der Waals surface area (Å²) in [5, 5.41) is 2.81. The van der Waals surface area contributed by atoms with Crippen molar-refractivity contribution in [3.05, 3.63) is 0 Å². The molecule has 0 aromatic rings. The Balaban J connectivity index is 1.90. The first-order chi connectivity index (χ1) is 8.75. The van der Waals surface area contributed by atoms with Gasteiger partial charge in [0.25, 0.3) is 5.91 Å². The highest BCUT2D eigenvalue weighted by Crippen LogP contribution is 2.35. The van der Waals surface area contributed by atoms with E-state index in [0.717, 1.165) is 6.61 Å². The molecular weight excluding hydrogens is 244 g/mol. The molecule has 1 heterocycles. The molecule has 0 spiro atoms. The smallest absolute Gasteiger partial charge is 0.325 e. The Morgan fingerprint density at radius 1 is 1.37 bits per heavy atom. The lowest BCUT2D eigenvalue weighted by Gasteiger charge is -2.35. The topological polar surface area (TPSA) is 58.6 Å². The van der Waals surface area contributed by atoms with Crippen molar-refractivity contribution in [1.29, 1.82) is 0 Å². The van der Waals surface area contributed by atoms with Crippen LogP contribution < -0.4 is 5.32 Å². The third kappa shape index (κ3) is 2.76. The standard InChI is InChI=1S/C14H24N2O3/c1-13(2,3)14(4)11(17)16(12(18)15-14)7-8-19-9-10-5-6-10/h10H,5-9H2,1-4H3,(H,15,18)/t14-/m1/s1. The monoisotopic (exact) mass is 268 g/mol. The summed E-state index contributed by atoms with van der Waals surface area (Å²) < 4.78 is 5.50. The average Bonchev–Trinajstić information content (AvgIpc) is 3.06. The van der Waals surface area contributed by atoms with Gasteiger partial charge in [0.05, 0.1) is 13.2 Å². The molecule has 5 nitrogen and oxygen atoms in total. The van der Waals surface area contributed by atoms with Crippen LogP contribution in [0.25, 0.3) is 0 Å². The van der Waals surface area contributed by atoms with Crippen molar-refractivity contribution in [2.75, 3.05) is 19.8 Å². The van der Waals surface area contributed by atoms with E-state index in [4.69, 9.17) is 4.74 Å². The molecule has 2 aliphatic rings. The van der Waals surface area contributed by atoms with Crippen molar-refractivity contribution in [1.82, 2.24) is 10.2 Å². The summed E-state index contributed by atoms with van der Waals surface area (Å²) >= 11 is 0. The van der Waals surface area contributed by atoms with Crippen molar-refractivity contribution in [2.45, 2.75) is 46.1 Å². The first-order valence-electron chi connectivity index (χ1n) is 6.97. The number of amides is 3. The maximum atomic E-state index is 12.4. The van der Waals surface area contributed by atoms with Crippen LogP contribution in [0.3, 0.4) is 0 Å². The van der Waals surface area contributed by atoms with Gasteiger partial charge in [-0.3, -0.25) is 9.69 Å². The minimum atomic E-state index is -0.833. The molecule has 3 amide bonds. The zero-order valence-corrected chi connectivity index (χ0v) is 12.3. The van der Waals surface area contributed by atoms with Crippen LogP contribution in [-0.2, 0) is 9.53 Å². The molecule has 1 saturated carbocycles. The Kier molecular flexibility index (Phi) is 3.60. The molecule has 1 aliphatic heterocycles. The highest BCUT2D eigenvalue weighted by molar-refractivity contribution is 6.07. The number of nitrogens with zero attached hydrogens (tertiary/aromatic N) is 1. The normalized spacial score (nSPS) is 27.9. The van der Waals surface area contributed by atoms with Crippen LogP contribution in [-0.4, -0.2) is 42.1 Å². The zero-order valence-electron chi connectivity index (χ0n) is 12.3. The molecule has 1 atom stereocenters. The van der Waals surface area contributed by atoms with Gasteiger partial charge in [-0.25, -0.2) is 4.79 Å². The molecule has 1 saturated heterocycles. The lowest BCUT2D eigenvalue weighted by molar-refractivity contribution is -0.134. The summed E-state index contributed by atoms with van der Waals surface area (Å²) in [5.74, 6) is 0.544. The summed E-state index contributed by atoms with van der Waals surface area (Å²) in [7, 11) is 0. The zero-order chi connectivity index (χ0) is 14.3. The van der Waals surface area contributed by atoms with E-state index in [9.17, 15) is 9.59 Å². The van der Waals surface area contributed by atoms with Crippen molar-refractivity contribution >= 4 is 11.9 Å². The first kappa shape index (κ1) is 14.3. The van der Waals surface area contributed by atoms with Gasteiger partial charge in [0.15, 0.2) is 0 Å². The summed E-state index contributed by atoms with van der Waals surface area (Å²) in [6, 6.07) is -0.308. The third-order valence-corrected chi connectivity index (χ3v) is 4.28. The fourth-order valence-corrected chi connectivity index (χ4v) is 2.10. The molecule has 0 bridgehead atoms. The molecular formula is C14H24N2O3. The van der Waals surface area contributed by atoms with E-state index in [-0.39, 0.29) is 17.4 Å². The Bertz CT molecular complexity index is 385. The lowest BCUT2D eigenvalue weighted by atomic mass is 9.75. The van der Waals surface area contributed by atoms with E-state index >= 15 is 0 Å². The number of hydrogen-bond donors (Lipinski definition) is 1. The van der Waals surface area contributed by atoms with Crippen molar-refractivity contribution in [3.8, 4) is 0 Å². The molecule has 5 heteroatoms. The quantitative estimate of drug-likeness (QED) is 0.610. The van der Waals surface area contributed by atoms with Gasteiger partial charge in [0.1, 0.15) is 5.54 Å².